The van der Waals surface area contributed by atoms with E-state index in [0.717, 1.165) is 14.5 Å². The van der Waals surface area contributed by atoms with E-state index in [1.54, 1.807) is 5.56 Å². The van der Waals surface area contributed by atoms with E-state index in [0.29, 0.717) is 10.8 Å². The molecular weight excluding hydrogens is 1650 g/mol. The third-order valence-corrected chi connectivity index (χ3v) is 342. The van der Waals surface area contributed by atoms with E-state index in [1.165, 1.54) is 40.0 Å². The van der Waals surface area contributed by atoms with E-state index < -0.39 is 0 Å². The average molecular weight is 1690 g/mol. The predicted molar refractivity (Wildman–Crippen MR) is 305 cm³/mol. The van der Waals surface area contributed by atoms with Crippen molar-refractivity contribution in [3.8, 4) is 0 Å². The summed E-state index contributed by atoms with van der Waals surface area (Å²) in [6, 6.07) is 29.6. The topological polar surface area (TPSA) is 3.24 Å². The molecule has 0 N–H and O–H groups in total. The zero-order chi connectivity index (χ0) is 38.7. The van der Waals surface area contributed by atoms with Gasteiger partial charge in [0.05, 0.1) is 0 Å². The fourth-order valence-corrected chi connectivity index (χ4v) is 427. The van der Waals surface area contributed by atoms with Crippen molar-refractivity contribution in [1.82, 2.24) is 0 Å². The maximum atomic E-state index is 6.29. The van der Waals surface area contributed by atoms with Crippen LogP contribution < -0.4 is 4.90 Å². The summed E-state index contributed by atoms with van der Waals surface area (Å²) in [5, 5.41) is 1.57. The van der Waals surface area contributed by atoms with Gasteiger partial charge in [-0.2, -0.15) is 0 Å². The number of aryl methyl sites for hydroxylation is 2. The van der Waals surface area contributed by atoms with Crippen molar-refractivity contribution in [3.63, 3.8) is 0 Å². The van der Waals surface area contributed by atoms with Crippen LogP contribution in [0, 0.1) is 19.3 Å². The normalized spacial score (nSPS) is 17.6. The second-order valence-electron chi connectivity index (χ2n) is 14.8. The molecule has 1 aliphatic heterocycles. The van der Waals surface area contributed by atoms with Gasteiger partial charge in [-0.1, -0.05) is 123 Å². The van der Waals surface area contributed by atoms with Gasteiger partial charge in [0.25, 0.3) is 0 Å². The van der Waals surface area contributed by atoms with Gasteiger partial charge >= 0.3 is 117 Å². The van der Waals surface area contributed by atoms with Gasteiger partial charge in [0.15, 0.2) is 0 Å². The summed E-state index contributed by atoms with van der Waals surface area (Å²) in [7, 11) is -0.942. The minimum atomic E-state index is -0.334. The quantitative estimate of drug-likeness (QED) is 0.185. The first-order valence-corrected chi connectivity index (χ1v) is 61.6. The van der Waals surface area contributed by atoms with Crippen LogP contribution in [-0.4, -0.2) is 5.54 Å². The zero-order valence-electron chi connectivity index (χ0n) is 30.4. The summed E-state index contributed by atoms with van der Waals surface area (Å²) in [6.45, 7) is 22.8. The van der Waals surface area contributed by atoms with Crippen molar-refractivity contribution >= 4 is 167 Å². The van der Waals surface area contributed by atoms with Crippen molar-refractivity contribution in [2.45, 2.75) is 92.0 Å². The SMILES string of the molecule is CC1(C)Cc2ccccc2C1(C)C.Cc1cc(Cl)cc(Br)c1.Cc1cc(Cl)cc(N2c3ccccc3C(C)(C)C2(C)C)c1.II(I)I(I)I(I)I. The minimum absolute atomic E-state index is 0.0200. The van der Waals surface area contributed by atoms with Crippen molar-refractivity contribution in [2.24, 2.45) is 5.41 Å². The monoisotopic (exact) mass is 1690 g/mol. The Morgan fingerprint density at radius 3 is 1.59 bits per heavy atom. The first-order valence-electron chi connectivity index (χ1n) is 16.1. The van der Waals surface area contributed by atoms with E-state index in [1.807, 2.05) is 31.2 Å². The molecule has 6 rings (SSSR count). The van der Waals surface area contributed by atoms with Gasteiger partial charge in [-0.15, -0.1) is 0 Å². The van der Waals surface area contributed by atoms with E-state index in [2.05, 4.69) is 237 Å². The molecule has 0 unspecified atom stereocenters. The molecule has 4 aromatic rings. The van der Waals surface area contributed by atoms with Gasteiger partial charge in [0.1, 0.15) is 0 Å². The number of halogens is 11. The molecule has 4 aromatic carbocycles. The summed E-state index contributed by atoms with van der Waals surface area (Å²) >= 11 is 29.0. The van der Waals surface area contributed by atoms with E-state index in [4.69, 9.17) is 23.2 Å². The van der Waals surface area contributed by atoms with E-state index in [-0.39, 0.29) is 34.6 Å². The third-order valence-electron chi connectivity index (χ3n) is 10.4. The van der Waals surface area contributed by atoms with Gasteiger partial charge in [0, 0.05) is 36.8 Å². The molecule has 0 spiro atoms. The Bertz CT molecular complexity index is 1720. The van der Waals surface area contributed by atoms with Gasteiger partial charge < -0.3 is 4.90 Å². The number of anilines is 2. The molecule has 0 atom stereocenters. The van der Waals surface area contributed by atoms with Crippen LogP contribution in [0.5, 0.6) is 0 Å². The Morgan fingerprint density at radius 1 is 0.627 bits per heavy atom. The number of benzene rings is 4. The zero-order valence-corrected chi connectivity index (χ0v) is 50.8. The first kappa shape index (κ1) is 48.9. The fourth-order valence-electron chi connectivity index (χ4n) is 6.48. The number of nitrogens with zero attached hydrogens (tertiary/aromatic N) is 1. The molecule has 0 bridgehead atoms. The second kappa shape index (κ2) is 20.7. The van der Waals surface area contributed by atoms with Crippen LogP contribution in [0.2, 0.25) is 10.0 Å². The Morgan fingerprint density at radius 2 is 1.12 bits per heavy atom. The summed E-state index contributed by atoms with van der Waals surface area (Å²) in [5.41, 5.74) is 10.1. The molecule has 1 heterocycles. The van der Waals surface area contributed by atoms with Gasteiger partial charge in [0.2, 0.25) is 0 Å². The molecular formula is C39H46BrCl2I8N. The number of rotatable bonds is 3. The van der Waals surface area contributed by atoms with Crippen LogP contribution in [0.4, 0.5) is 11.4 Å². The number of hydrogen-bond acceptors (Lipinski definition) is 1. The van der Waals surface area contributed by atoms with Crippen molar-refractivity contribution in [3.05, 3.63) is 127 Å². The van der Waals surface area contributed by atoms with Gasteiger partial charge in [-0.3, -0.25) is 0 Å². The van der Waals surface area contributed by atoms with Crippen LogP contribution in [0.1, 0.15) is 83.2 Å². The Balaban J connectivity index is 0.000000200. The Kier molecular flexibility index (Phi) is 19.9. The van der Waals surface area contributed by atoms with Crippen molar-refractivity contribution in [1.29, 1.82) is 0 Å². The molecule has 12 heteroatoms. The van der Waals surface area contributed by atoms with Crippen LogP contribution >= 0.6 is 156 Å². The summed E-state index contributed by atoms with van der Waals surface area (Å²) in [6.07, 6.45) is 1.22. The Labute approximate surface area is 388 Å². The van der Waals surface area contributed by atoms with E-state index >= 15 is 0 Å². The summed E-state index contributed by atoms with van der Waals surface area (Å²) in [4.78, 5) is 2.43. The van der Waals surface area contributed by atoms with Crippen LogP contribution in [0.15, 0.2) is 89.4 Å². The molecule has 2 aliphatic rings. The summed E-state index contributed by atoms with van der Waals surface area (Å²) in [5.74, 6) is 0. The molecule has 1 aliphatic carbocycles. The van der Waals surface area contributed by atoms with Crippen LogP contribution in [0.3, 0.4) is 0 Å². The third kappa shape index (κ3) is 12.5. The van der Waals surface area contributed by atoms with Gasteiger partial charge in [-0.25, -0.2) is 0 Å². The average Bonchev–Trinajstić information content (AvgIpc) is 3.29. The van der Waals surface area contributed by atoms with Crippen LogP contribution in [0.25, 0.3) is 0 Å². The molecule has 0 saturated heterocycles. The summed E-state index contributed by atoms with van der Waals surface area (Å²) < 4.78 is 1.03. The second-order valence-corrected chi connectivity index (χ2v) is 163. The van der Waals surface area contributed by atoms with Crippen molar-refractivity contribution in [2.75, 3.05) is 4.90 Å². The predicted octanol–water partition coefficient (Wildman–Crippen LogP) is 19.9. The number of fused-ring (bicyclic) bond motifs is 2. The van der Waals surface area contributed by atoms with Crippen molar-refractivity contribution < 1.29 is 0 Å². The standard InChI is InChI=1S/C19H22ClN.C13H18.C7H6BrCl.I8/c1-13-10-14(20)12-15(11-13)21-17-9-7-6-8-16(17)18(2,3)19(21,4)5;1-12(2)9-10-7-5-6-8-11(10)13(12,3)4;1-5-2-6(8)4-7(9)3-5;1-6(2)8(5)7(3)4/h6-12H,1-5H3;5-8H,9H2,1-4H3;2-4H,1H3;. The molecule has 0 aromatic heterocycles. The molecule has 1 nitrogen and oxygen atoms in total. The fraction of sp³-hybridized carbons (Fsp3) is 0.385. The molecule has 284 valence electrons. The molecule has 0 saturated carbocycles. The molecule has 51 heavy (non-hydrogen) atoms. The Hall–Kier alpha value is 3.58. The maximum absolute atomic E-state index is 6.29. The molecule has 0 fully saturated rings. The van der Waals surface area contributed by atoms with Gasteiger partial charge in [-0.05, 0) is 115 Å². The van der Waals surface area contributed by atoms with Crippen LogP contribution in [-0.2, 0) is 17.3 Å². The number of para-hydroxylation sites is 1. The molecule has 0 radical (unpaired) electrons. The van der Waals surface area contributed by atoms with E-state index in [9.17, 15) is 0 Å². The molecule has 0 amide bonds. The first-order chi connectivity index (χ1) is 23.4. The number of hydrogen-bond donors (Lipinski definition) is 0.